The molecule has 6 N–H and O–H groups in total. The third-order valence-corrected chi connectivity index (χ3v) is 7.58. The highest BCUT2D eigenvalue weighted by Crippen LogP contribution is 2.54. The summed E-state index contributed by atoms with van der Waals surface area (Å²) in [4.78, 5) is 54.5. The lowest BCUT2D eigenvalue weighted by molar-refractivity contribution is -0.153. The van der Waals surface area contributed by atoms with Gasteiger partial charge in [0.1, 0.15) is 28.4 Å². The number of phenolic OH excluding ortho intramolecular Hbond substituents is 1. The van der Waals surface area contributed by atoms with Crippen molar-refractivity contribution in [3.8, 4) is 5.75 Å². The normalized spacial score (nSPS) is 27.1. The highest BCUT2D eigenvalue weighted by atomic mass is 16.5. The van der Waals surface area contributed by atoms with Gasteiger partial charge in [0, 0.05) is 31.3 Å². The quantitative estimate of drug-likeness (QED) is 0.264. The number of ether oxygens (including phenoxy) is 1. The SMILES string of the molecule is COC(=O)c1cc(N(C)C)c2c(c1O)C(O)=C1C(=O)C3(O)C(O)=C(C(N)=O)C(=O)C(N(C)C)C3CC1C2. The van der Waals surface area contributed by atoms with E-state index >= 15 is 0 Å². The van der Waals surface area contributed by atoms with Crippen LogP contribution in [0.5, 0.6) is 5.75 Å². The molecule has 3 aliphatic rings. The second kappa shape index (κ2) is 8.60. The maximum Gasteiger partial charge on any atom is 0.341 e. The van der Waals surface area contributed by atoms with E-state index in [1.807, 2.05) is 0 Å². The predicted molar refractivity (Wildman–Crippen MR) is 130 cm³/mol. The van der Waals surface area contributed by atoms with Gasteiger partial charge in [0.15, 0.2) is 11.4 Å². The van der Waals surface area contributed by atoms with E-state index in [9.17, 15) is 39.6 Å². The van der Waals surface area contributed by atoms with Crippen LogP contribution in [0.4, 0.5) is 5.69 Å². The Morgan fingerprint density at radius 3 is 2.27 bits per heavy atom. The number of nitrogens with zero attached hydrogens (tertiary/aromatic N) is 2. The Labute approximate surface area is 212 Å². The van der Waals surface area contributed by atoms with Crippen LogP contribution in [0.3, 0.4) is 0 Å². The summed E-state index contributed by atoms with van der Waals surface area (Å²) in [5.41, 5.74) is 1.91. The van der Waals surface area contributed by atoms with E-state index in [0.717, 1.165) is 7.11 Å². The van der Waals surface area contributed by atoms with Crippen molar-refractivity contribution < 1.29 is 44.3 Å². The summed E-state index contributed by atoms with van der Waals surface area (Å²) in [6.45, 7) is 0. The van der Waals surface area contributed by atoms with Crippen LogP contribution in [0.1, 0.15) is 27.9 Å². The van der Waals surface area contributed by atoms with E-state index in [1.165, 1.54) is 25.1 Å². The standard InChI is InChI=1S/C25H29N3O9/c1-27(2)13-8-11(24(35)37-5)18(29)15-10(13)6-9-7-12-17(28(3)4)20(31)16(23(26)34)22(33)25(12,36)21(32)14(9)19(15)30/h8-9,12,17,29-30,33,36H,6-7H2,1-5H3,(H2,26,34). The van der Waals surface area contributed by atoms with E-state index < -0.39 is 69.8 Å². The molecule has 0 radical (unpaired) electrons. The van der Waals surface area contributed by atoms with Gasteiger partial charge in [-0.25, -0.2) is 4.79 Å². The number of carbonyl (C=O) groups excluding carboxylic acids is 4. The van der Waals surface area contributed by atoms with Crippen molar-refractivity contribution in [2.24, 2.45) is 17.6 Å². The number of carbonyl (C=O) groups is 4. The van der Waals surface area contributed by atoms with E-state index in [4.69, 9.17) is 10.5 Å². The summed E-state index contributed by atoms with van der Waals surface area (Å²) in [6, 6.07) is 0.251. The van der Waals surface area contributed by atoms with Gasteiger partial charge in [-0.05, 0) is 44.5 Å². The Morgan fingerprint density at radius 1 is 1.14 bits per heavy atom. The molecule has 3 aliphatic carbocycles. The summed E-state index contributed by atoms with van der Waals surface area (Å²) < 4.78 is 4.74. The number of primary amides is 1. The van der Waals surface area contributed by atoms with Crippen LogP contribution in [0.25, 0.3) is 5.76 Å². The molecule has 0 bridgehead atoms. The topological polar surface area (TPSA) is 191 Å². The van der Waals surface area contributed by atoms with Gasteiger partial charge in [-0.15, -0.1) is 0 Å². The highest BCUT2D eigenvalue weighted by Gasteiger charge is 2.64. The third-order valence-electron chi connectivity index (χ3n) is 7.58. The van der Waals surface area contributed by atoms with Crippen LogP contribution < -0.4 is 10.6 Å². The molecule has 4 rings (SSSR count). The molecule has 12 nitrogen and oxygen atoms in total. The largest absolute Gasteiger partial charge is 0.508 e. The molecule has 4 unspecified atom stereocenters. The number of fused-ring (bicyclic) bond motifs is 3. The minimum Gasteiger partial charge on any atom is -0.508 e. The highest BCUT2D eigenvalue weighted by molar-refractivity contribution is 6.24. The molecular weight excluding hydrogens is 486 g/mol. The number of anilines is 1. The lowest BCUT2D eigenvalue weighted by atomic mass is 9.57. The number of aliphatic hydroxyl groups is 3. The number of hydrogen-bond donors (Lipinski definition) is 5. The van der Waals surface area contributed by atoms with E-state index in [-0.39, 0.29) is 29.5 Å². The summed E-state index contributed by atoms with van der Waals surface area (Å²) in [7, 11) is 7.59. The molecule has 1 amide bonds. The molecule has 0 saturated heterocycles. The maximum absolute atomic E-state index is 13.9. The first kappa shape index (κ1) is 26.2. The molecule has 1 fully saturated rings. The van der Waals surface area contributed by atoms with Crippen LogP contribution in [0, 0.1) is 11.8 Å². The number of rotatable bonds is 4. The molecule has 198 valence electrons. The van der Waals surface area contributed by atoms with Crippen LogP contribution in [-0.4, -0.2) is 95.7 Å². The number of ketones is 2. The number of benzene rings is 1. The number of aromatic hydroxyl groups is 1. The lowest BCUT2D eigenvalue weighted by Crippen LogP contribution is -2.65. The van der Waals surface area contributed by atoms with Crippen molar-refractivity contribution in [2.45, 2.75) is 24.5 Å². The summed E-state index contributed by atoms with van der Waals surface area (Å²) in [5, 5.41) is 44.8. The minimum absolute atomic E-state index is 0.0296. The van der Waals surface area contributed by atoms with Crippen molar-refractivity contribution in [3.63, 3.8) is 0 Å². The second-order valence-corrected chi connectivity index (χ2v) is 9.99. The number of esters is 1. The molecule has 4 atom stereocenters. The summed E-state index contributed by atoms with van der Waals surface area (Å²) in [6.07, 6.45) is 0.0786. The molecule has 1 aromatic carbocycles. The zero-order valence-corrected chi connectivity index (χ0v) is 21.0. The van der Waals surface area contributed by atoms with Gasteiger partial charge in [0.2, 0.25) is 5.78 Å². The lowest BCUT2D eigenvalue weighted by Gasteiger charge is -2.50. The van der Waals surface area contributed by atoms with Gasteiger partial charge in [-0.3, -0.25) is 19.3 Å². The van der Waals surface area contributed by atoms with Crippen molar-refractivity contribution in [2.75, 3.05) is 40.2 Å². The number of methoxy groups -OCH3 is 1. The number of likely N-dealkylation sites (N-methyl/N-ethyl adjacent to an activating group) is 1. The number of hydrogen-bond acceptors (Lipinski definition) is 11. The van der Waals surface area contributed by atoms with Gasteiger partial charge < -0.3 is 35.8 Å². The zero-order valence-electron chi connectivity index (χ0n) is 21.0. The molecule has 12 heteroatoms. The Hall–Kier alpha value is -3.90. The van der Waals surface area contributed by atoms with E-state index in [1.54, 1.807) is 19.0 Å². The molecule has 0 aromatic heterocycles. The molecular formula is C25H29N3O9. The third kappa shape index (κ3) is 3.43. The Bertz CT molecular complexity index is 1330. The molecule has 1 aromatic rings. The van der Waals surface area contributed by atoms with Crippen LogP contribution in [0.2, 0.25) is 0 Å². The van der Waals surface area contributed by atoms with Gasteiger partial charge in [0.25, 0.3) is 5.91 Å². The number of Topliss-reactive ketones (excluding diaryl/α,β-unsaturated/α-hetero) is 2. The fourth-order valence-corrected chi connectivity index (χ4v) is 5.96. The number of amides is 1. The Kier molecular flexibility index (Phi) is 6.08. The summed E-state index contributed by atoms with van der Waals surface area (Å²) in [5.74, 6) is -8.46. The van der Waals surface area contributed by atoms with Crippen molar-refractivity contribution in [3.05, 3.63) is 39.7 Å². The number of phenols is 1. The Morgan fingerprint density at radius 2 is 1.76 bits per heavy atom. The minimum atomic E-state index is -2.73. The van der Waals surface area contributed by atoms with E-state index in [0.29, 0.717) is 11.3 Å². The van der Waals surface area contributed by atoms with Gasteiger partial charge in [-0.2, -0.15) is 0 Å². The zero-order chi connectivity index (χ0) is 27.7. The predicted octanol–water partition coefficient (Wildman–Crippen LogP) is -0.183. The average Bonchev–Trinajstić information content (AvgIpc) is 2.80. The summed E-state index contributed by atoms with van der Waals surface area (Å²) >= 11 is 0. The average molecular weight is 516 g/mol. The van der Waals surface area contributed by atoms with Crippen molar-refractivity contribution in [1.82, 2.24) is 4.90 Å². The Balaban J connectivity index is 2.02. The van der Waals surface area contributed by atoms with Gasteiger partial charge in [-0.1, -0.05) is 0 Å². The molecule has 0 heterocycles. The van der Waals surface area contributed by atoms with Crippen LogP contribution >= 0.6 is 0 Å². The molecule has 0 aliphatic heterocycles. The van der Waals surface area contributed by atoms with Gasteiger partial charge >= 0.3 is 5.97 Å². The second-order valence-electron chi connectivity index (χ2n) is 9.99. The molecule has 0 spiro atoms. The monoisotopic (exact) mass is 515 g/mol. The van der Waals surface area contributed by atoms with Crippen LogP contribution in [0.15, 0.2) is 23.0 Å². The number of nitrogens with two attached hydrogens (primary N) is 1. The molecule has 1 saturated carbocycles. The molecule has 37 heavy (non-hydrogen) atoms. The first-order valence-electron chi connectivity index (χ1n) is 11.5. The van der Waals surface area contributed by atoms with Crippen molar-refractivity contribution in [1.29, 1.82) is 0 Å². The first-order valence-corrected chi connectivity index (χ1v) is 11.5. The number of aliphatic hydroxyl groups excluding tert-OH is 2. The van der Waals surface area contributed by atoms with Crippen molar-refractivity contribution >= 4 is 34.9 Å². The van der Waals surface area contributed by atoms with Crippen LogP contribution in [-0.2, 0) is 25.5 Å². The smallest absolute Gasteiger partial charge is 0.341 e. The fourth-order valence-electron chi connectivity index (χ4n) is 5.96. The maximum atomic E-state index is 13.9. The van der Waals surface area contributed by atoms with E-state index in [2.05, 4.69) is 0 Å². The van der Waals surface area contributed by atoms with Gasteiger partial charge in [0.05, 0.1) is 18.7 Å². The first-order chi connectivity index (χ1) is 17.2. The fraction of sp³-hybridized carbons (Fsp3) is 0.440.